The number of hydrogen-bond acceptors (Lipinski definition) is 3. The third-order valence-corrected chi connectivity index (χ3v) is 3.68. The number of halogens is 1. The van der Waals surface area contributed by atoms with Crippen LogP contribution < -0.4 is 11.1 Å². The normalized spacial score (nSPS) is 20.2. The Morgan fingerprint density at radius 3 is 3.00 bits per heavy atom. The van der Waals surface area contributed by atoms with Gasteiger partial charge in [-0.15, -0.1) is 0 Å². The zero-order valence-corrected chi connectivity index (χ0v) is 11.2. The van der Waals surface area contributed by atoms with Gasteiger partial charge in [-0.25, -0.2) is 4.39 Å². The molecule has 1 aromatic carbocycles. The molecule has 0 radical (unpaired) electrons. The second kappa shape index (κ2) is 6.02. The fourth-order valence-electron chi connectivity index (χ4n) is 2.59. The molecule has 4 nitrogen and oxygen atoms in total. The number of piperidine rings is 1. The van der Waals surface area contributed by atoms with E-state index in [-0.39, 0.29) is 17.8 Å². The Morgan fingerprint density at radius 2 is 2.32 bits per heavy atom. The molecule has 1 unspecified atom stereocenters. The monoisotopic (exact) mass is 265 g/mol. The molecule has 1 fully saturated rings. The van der Waals surface area contributed by atoms with Crippen molar-refractivity contribution in [2.45, 2.75) is 31.8 Å². The number of likely N-dealkylation sites (tertiary alicyclic amines) is 1. The van der Waals surface area contributed by atoms with Crippen molar-refractivity contribution in [2.75, 3.05) is 19.3 Å². The lowest BCUT2D eigenvalue weighted by molar-refractivity contribution is -0.127. The topological polar surface area (TPSA) is 58.4 Å². The van der Waals surface area contributed by atoms with Crippen LogP contribution in [0.15, 0.2) is 18.2 Å². The molecule has 2 rings (SSSR count). The maximum Gasteiger partial charge on any atom is 0.237 e. The minimum Gasteiger partial charge on any atom is -0.398 e. The number of carbonyl (C=O) groups excluding carboxylic acids is 1. The van der Waals surface area contributed by atoms with Gasteiger partial charge in [-0.2, -0.15) is 0 Å². The number of nitrogens with two attached hydrogens (primary N) is 1. The maximum atomic E-state index is 13.8. The lowest BCUT2D eigenvalue weighted by atomic mass is 10.00. The summed E-state index contributed by atoms with van der Waals surface area (Å²) in [5.74, 6) is -0.309. The summed E-state index contributed by atoms with van der Waals surface area (Å²) in [7, 11) is 1.63. The van der Waals surface area contributed by atoms with Crippen LogP contribution in [0.5, 0.6) is 0 Å². The predicted molar refractivity (Wildman–Crippen MR) is 72.9 cm³/mol. The minimum atomic E-state index is -0.304. The van der Waals surface area contributed by atoms with Crippen LogP contribution in [-0.2, 0) is 11.3 Å². The summed E-state index contributed by atoms with van der Waals surface area (Å²) in [5.41, 5.74) is 6.76. The van der Waals surface area contributed by atoms with Gasteiger partial charge < -0.3 is 11.1 Å². The molecule has 0 saturated carbocycles. The SMILES string of the molecule is CNC(=O)C1CCCCN1Cc1c(N)cccc1F. The standard InChI is InChI=1S/C14H20FN3O/c1-17-14(19)13-7-2-3-8-18(13)9-10-11(15)5-4-6-12(10)16/h4-6,13H,2-3,7-9,16H2,1H3,(H,17,19). The van der Waals surface area contributed by atoms with Gasteiger partial charge in [-0.05, 0) is 31.5 Å². The van der Waals surface area contributed by atoms with Gasteiger partial charge in [0.05, 0.1) is 6.04 Å². The quantitative estimate of drug-likeness (QED) is 0.814. The average Bonchev–Trinajstić information content (AvgIpc) is 2.42. The summed E-state index contributed by atoms with van der Waals surface area (Å²) >= 11 is 0. The van der Waals surface area contributed by atoms with Crippen molar-refractivity contribution in [3.63, 3.8) is 0 Å². The molecule has 1 aliphatic rings. The van der Waals surface area contributed by atoms with Crippen molar-refractivity contribution in [2.24, 2.45) is 0 Å². The van der Waals surface area contributed by atoms with Gasteiger partial charge in [-0.3, -0.25) is 9.69 Å². The van der Waals surface area contributed by atoms with Crippen LogP contribution >= 0.6 is 0 Å². The van der Waals surface area contributed by atoms with Crippen molar-refractivity contribution in [1.29, 1.82) is 0 Å². The van der Waals surface area contributed by atoms with Gasteiger partial charge in [-0.1, -0.05) is 12.5 Å². The summed E-state index contributed by atoms with van der Waals surface area (Å²) < 4.78 is 13.8. The number of nitrogen functional groups attached to an aromatic ring is 1. The van der Waals surface area contributed by atoms with Crippen LogP contribution in [0.1, 0.15) is 24.8 Å². The number of nitrogens with one attached hydrogen (secondary N) is 1. The van der Waals surface area contributed by atoms with Crippen molar-refractivity contribution >= 4 is 11.6 Å². The van der Waals surface area contributed by atoms with Gasteiger partial charge in [0.15, 0.2) is 0 Å². The number of carbonyl (C=O) groups is 1. The fraction of sp³-hybridized carbons (Fsp3) is 0.500. The van der Waals surface area contributed by atoms with Gasteiger partial charge >= 0.3 is 0 Å². The van der Waals surface area contributed by atoms with Crippen LogP contribution in [0.25, 0.3) is 0 Å². The maximum absolute atomic E-state index is 13.8. The second-order valence-electron chi connectivity index (χ2n) is 4.90. The first-order valence-corrected chi connectivity index (χ1v) is 6.62. The van der Waals surface area contributed by atoms with Gasteiger partial charge in [0, 0.05) is 24.8 Å². The van der Waals surface area contributed by atoms with E-state index in [4.69, 9.17) is 5.73 Å². The Labute approximate surface area is 112 Å². The molecule has 1 atom stereocenters. The highest BCUT2D eigenvalue weighted by molar-refractivity contribution is 5.81. The molecule has 3 N–H and O–H groups in total. The average molecular weight is 265 g/mol. The van der Waals surface area contributed by atoms with Crippen molar-refractivity contribution in [3.05, 3.63) is 29.6 Å². The third-order valence-electron chi connectivity index (χ3n) is 3.68. The Bertz CT molecular complexity index is 444. The van der Waals surface area contributed by atoms with Crippen molar-refractivity contribution in [1.82, 2.24) is 10.2 Å². The van der Waals surface area contributed by atoms with E-state index in [1.165, 1.54) is 6.07 Å². The highest BCUT2D eigenvalue weighted by atomic mass is 19.1. The number of hydrogen-bond donors (Lipinski definition) is 2. The number of likely N-dealkylation sites (N-methyl/N-ethyl adjacent to an activating group) is 1. The number of rotatable bonds is 3. The molecule has 19 heavy (non-hydrogen) atoms. The molecule has 5 heteroatoms. The van der Waals surface area contributed by atoms with Gasteiger partial charge in [0.25, 0.3) is 0 Å². The molecule has 1 aliphatic heterocycles. The molecule has 1 heterocycles. The van der Waals surface area contributed by atoms with Crippen molar-refractivity contribution < 1.29 is 9.18 Å². The van der Waals surface area contributed by atoms with E-state index in [1.54, 1.807) is 19.2 Å². The zero-order valence-electron chi connectivity index (χ0n) is 11.2. The third kappa shape index (κ3) is 3.04. The lowest BCUT2D eigenvalue weighted by Gasteiger charge is -2.34. The highest BCUT2D eigenvalue weighted by Crippen LogP contribution is 2.23. The summed E-state index contributed by atoms with van der Waals surface area (Å²) in [6, 6.07) is 4.51. The molecule has 0 aromatic heterocycles. The molecule has 1 amide bonds. The molecule has 1 saturated heterocycles. The van der Waals surface area contributed by atoms with E-state index in [1.807, 2.05) is 4.90 Å². The predicted octanol–water partition coefficient (Wildman–Crippen LogP) is 1.51. The molecule has 1 aromatic rings. The Hall–Kier alpha value is -1.62. The summed E-state index contributed by atoms with van der Waals surface area (Å²) in [6.07, 6.45) is 2.87. The number of amides is 1. The van der Waals surface area contributed by atoms with Crippen LogP contribution in [0.2, 0.25) is 0 Å². The number of benzene rings is 1. The molecule has 0 aliphatic carbocycles. The second-order valence-corrected chi connectivity index (χ2v) is 4.90. The van der Waals surface area contributed by atoms with E-state index in [2.05, 4.69) is 5.32 Å². The van der Waals surface area contributed by atoms with Gasteiger partial charge in [0.1, 0.15) is 5.82 Å². The van der Waals surface area contributed by atoms with Crippen LogP contribution in [0, 0.1) is 5.82 Å². The first kappa shape index (κ1) is 13.8. The van der Waals surface area contributed by atoms with Crippen LogP contribution in [0.4, 0.5) is 10.1 Å². The lowest BCUT2D eigenvalue weighted by Crippen LogP contribution is -2.48. The van der Waals surface area contributed by atoms with E-state index in [0.717, 1.165) is 25.8 Å². The van der Waals surface area contributed by atoms with Crippen LogP contribution in [0.3, 0.4) is 0 Å². The highest BCUT2D eigenvalue weighted by Gasteiger charge is 2.28. The van der Waals surface area contributed by atoms with Crippen LogP contribution in [-0.4, -0.2) is 30.4 Å². The number of anilines is 1. The molecule has 0 bridgehead atoms. The van der Waals surface area contributed by atoms with E-state index < -0.39 is 0 Å². The summed E-state index contributed by atoms with van der Waals surface area (Å²) in [6.45, 7) is 1.18. The fourth-order valence-corrected chi connectivity index (χ4v) is 2.59. The molecule has 104 valence electrons. The minimum absolute atomic E-state index is 0.00499. The summed E-state index contributed by atoms with van der Waals surface area (Å²) in [5, 5.41) is 2.67. The molecular formula is C14H20FN3O. The van der Waals surface area contributed by atoms with E-state index in [0.29, 0.717) is 17.8 Å². The first-order valence-electron chi connectivity index (χ1n) is 6.62. The van der Waals surface area contributed by atoms with E-state index >= 15 is 0 Å². The number of nitrogens with zero attached hydrogens (tertiary/aromatic N) is 1. The zero-order chi connectivity index (χ0) is 13.8. The summed E-state index contributed by atoms with van der Waals surface area (Å²) in [4.78, 5) is 13.9. The smallest absolute Gasteiger partial charge is 0.237 e. The largest absolute Gasteiger partial charge is 0.398 e. The van der Waals surface area contributed by atoms with Crippen molar-refractivity contribution in [3.8, 4) is 0 Å². The molecular weight excluding hydrogens is 245 g/mol. The Kier molecular flexibility index (Phi) is 4.37. The van der Waals surface area contributed by atoms with Gasteiger partial charge in [0.2, 0.25) is 5.91 Å². The molecule has 0 spiro atoms. The first-order chi connectivity index (χ1) is 9.13. The Balaban J connectivity index is 2.18. The Morgan fingerprint density at radius 1 is 1.53 bits per heavy atom. The van der Waals surface area contributed by atoms with E-state index in [9.17, 15) is 9.18 Å².